The average Bonchev–Trinajstić information content (AvgIpc) is 3.02. The molecule has 1 amide bonds. The van der Waals surface area contributed by atoms with Gasteiger partial charge in [0.1, 0.15) is 5.82 Å². The summed E-state index contributed by atoms with van der Waals surface area (Å²) in [5.41, 5.74) is 0.578. The van der Waals surface area contributed by atoms with Crippen molar-refractivity contribution >= 4 is 34.6 Å². The molecule has 0 aliphatic rings. The summed E-state index contributed by atoms with van der Waals surface area (Å²) in [5, 5.41) is 15.4. The van der Waals surface area contributed by atoms with Crippen LogP contribution in [-0.2, 0) is 11.2 Å². The summed E-state index contributed by atoms with van der Waals surface area (Å²) in [7, 11) is 0. The maximum absolute atomic E-state index is 13.1. The van der Waals surface area contributed by atoms with Crippen LogP contribution in [0.4, 0.5) is 21.7 Å². The Hall–Kier alpha value is -2.80. The Morgan fingerprint density at radius 1 is 1.09 bits per heavy atom. The third-order valence-electron chi connectivity index (χ3n) is 2.94. The fraction of sp³-hybridized carbons (Fsp3) is 0.0625. The molecule has 0 saturated heterocycles. The minimum absolute atomic E-state index is 0.146. The summed E-state index contributed by atoms with van der Waals surface area (Å²) in [6, 6.07) is 13.2. The van der Waals surface area contributed by atoms with Gasteiger partial charge in [-0.1, -0.05) is 12.1 Å². The second-order valence-electron chi connectivity index (χ2n) is 4.74. The fourth-order valence-corrected chi connectivity index (χ4v) is 2.64. The minimum Gasteiger partial charge on any atom is -0.339 e. The predicted molar refractivity (Wildman–Crippen MR) is 88.4 cm³/mol. The van der Waals surface area contributed by atoms with Gasteiger partial charge in [0.2, 0.25) is 5.91 Å². The van der Waals surface area contributed by atoms with Crippen LogP contribution in [0.5, 0.6) is 0 Å². The molecule has 7 heteroatoms. The summed E-state index contributed by atoms with van der Waals surface area (Å²) in [6.07, 6.45) is 0.308. The molecule has 0 aliphatic carbocycles. The number of hydrogen-bond acceptors (Lipinski definition) is 5. The maximum atomic E-state index is 13.1. The normalized spacial score (nSPS) is 10.3. The van der Waals surface area contributed by atoms with Crippen LogP contribution in [0.3, 0.4) is 0 Å². The number of carbonyl (C=O) groups excluding carboxylic acids is 1. The van der Waals surface area contributed by atoms with Crippen molar-refractivity contribution in [3.63, 3.8) is 0 Å². The topological polar surface area (TPSA) is 66.9 Å². The molecule has 3 rings (SSSR count). The quantitative estimate of drug-likeness (QED) is 0.751. The highest BCUT2D eigenvalue weighted by atomic mass is 32.1. The first kappa shape index (κ1) is 15.1. The van der Waals surface area contributed by atoms with Crippen LogP contribution in [-0.4, -0.2) is 16.1 Å². The van der Waals surface area contributed by atoms with E-state index >= 15 is 0 Å². The molecule has 5 nitrogen and oxygen atoms in total. The molecule has 0 spiro atoms. The highest BCUT2D eigenvalue weighted by Gasteiger charge is 2.06. The van der Waals surface area contributed by atoms with Crippen molar-refractivity contribution in [1.82, 2.24) is 10.2 Å². The summed E-state index contributed by atoms with van der Waals surface area (Å²) in [4.78, 5) is 12.8. The zero-order chi connectivity index (χ0) is 16.1. The molecule has 0 radical (unpaired) electrons. The average molecular weight is 328 g/mol. The molecular formula is C16H13FN4OS. The highest BCUT2D eigenvalue weighted by Crippen LogP contribution is 2.16. The van der Waals surface area contributed by atoms with Gasteiger partial charge in [0, 0.05) is 10.6 Å². The van der Waals surface area contributed by atoms with Gasteiger partial charge in [-0.2, -0.15) is 0 Å². The zero-order valence-electron chi connectivity index (χ0n) is 12.0. The van der Waals surface area contributed by atoms with Crippen molar-refractivity contribution in [2.75, 3.05) is 10.6 Å². The first-order valence-electron chi connectivity index (χ1n) is 6.87. The van der Waals surface area contributed by atoms with Crippen LogP contribution in [0.25, 0.3) is 0 Å². The van der Waals surface area contributed by atoms with E-state index in [2.05, 4.69) is 20.8 Å². The third kappa shape index (κ3) is 4.33. The number of aromatic nitrogens is 2. The van der Waals surface area contributed by atoms with Gasteiger partial charge >= 0.3 is 0 Å². The van der Waals surface area contributed by atoms with E-state index in [1.54, 1.807) is 24.3 Å². The highest BCUT2D eigenvalue weighted by molar-refractivity contribution is 7.10. The van der Waals surface area contributed by atoms with Gasteiger partial charge in [-0.05, 0) is 41.8 Å². The number of amides is 1. The van der Waals surface area contributed by atoms with E-state index in [4.69, 9.17) is 0 Å². The van der Waals surface area contributed by atoms with Gasteiger partial charge in [0.05, 0.1) is 6.42 Å². The van der Waals surface area contributed by atoms with Crippen molar-refractivity contribution in [1.29, 1.82) is 0 Å². The smallest absolute Gasteiger partial charge is 0.230 e. The number of halogens is 1. The maximum Gasteiger partial charge on any atom is 0.230 e. The number of nitrogens with one attached hydrogen (secondary N) is 2. The molecule has 3 aromatic rings. The minimum atomic E-state index is -0.333. The number of hydrogen-bond donors (Lipinski definition) is 2. The molecule has 2 aromatic heterocycles. The Kier molecular flexibility index (Phi) is 4.58. The van der Waals surface area contributed by atoms with Crippen LogP contribution >= 0.6 is 11.3 Å². The summed E-state index contributed by atoms with van der Waals surface area (Å²) < 4.78 is 13.1. The molecular weight excluding hydrogens is 315 g/mol. The standard InChI is InChI=1S/C16H13FN4OS/c17-11-3-1-4-12(9-11)18-14-6-7-15(21-20-14)19-16(22)10-13-5-2-8-23-13/h1-9H,10H2,(H,18,20)(H,19,21,22). The van der Waals surface area contributed by atoms with E-state index in [0.29, 0.717) is 23.7 Å². The lowest BCUT2D eigenvalue weighted by Crippen LogP contribution is -2.15. The van der Waals surface area contributed by atoms with Crippen LogP contribution in [0.1, 0.15) is 4.88 Å². The van der Waals surface area contributed by atoms with Crippen molar-refractivity contribution in [3.8, 4) is 0 Å². The lowest BCUT2D eigenvalue weighted by atomic mass is 10.3. The van der Waals surface area contributed by atoms with E-state index in [1.807, 2.05) is 17.5 Å². The molecule has 2 N–H and O–H groups in total. The van der Waals surface area contributed by atoms with Crippen molar-refractivity contribution in [2.45, 2.75) is 6.42 Å². The Morgan fingerprint density at radius 3 is 2.61 bits per heavy atom. The molecule has 1 aromatic carbocycles. The van der Waals surface area contributed by atoms with E-state index < -0.39 is 0 Å². The molecule has 0 saturated carbocycles. The number of carbonyl (C=O) groups is 1. The van der Waals surface area contributed by atoms with Gasteiger partial charge < -0.3 is 10.6 Å². The number of anilines is 3. The molecule has 0 bridgehead atoms. The Balaban J connectivity index is 1.59. The molecule has 0 fully saturated rings. The van der Waals surface area contributed by atoms with Crippen LogP contribution in [0.2, 0.25) is 0 Å². The zero-order valence-corrected chi connectivity index (χ0v) is 12.8. The van der Waals surface area contributed by atoms with Gasteiger partial charge in [0.25, 0.3) is 0 Å². The Labute approximate surface area is 136 Å². The Bertz CT molecular complexity index is 790. The summed E-state index contributed by atoms with van der Waals surface area (Å²) in [6.45, 7) is 0. The van der Waals surface area contributed by atoms with Crippen LogP contribution in [0.15, 0.2) is 53.9 Å². The number of nitrogens with zero attached hydrogens (tertiary/aromatic N) is 2. The van der Waals surface area contributed by atoms with Crippen molar-refractivity contribution in [2.24, 2.45) is 0 Å². The van der Waals surface area contributed by atoms with Crippen LogP contribution in [0, 0.1) is 5.82 Å². The van der Waals surface area contributed by atoms with E-state index in [9.17, 15) is 9.18 Å². The summed E-state index contributed by atoms with van der Waals surface area (Å²) >= 11 is 1.53. The molecule has 116 valence electrons. The second-order valence-corrected chi connectivity index (χ2v) is 5.78. The Morgan fingerprint density at radius 2 is 1.91 bits per heavy atom. The SMILES string of the molecule is O=C(Cc1cccs1)Nc1ccc(Nc2cccc(F)c2)nn1. The van der Waals surface area contributed by atoms with E-state index in [-0.39, 0.29) is 11.7 Å². The van der Waals surface area contributed by atoms with Gasteiger partial charge in [-0.15, -0.1) is 21.5 Å². The lowest BCUT2D eigenvalue weighted by Gasteiger charge is -2.06. The summed E-state index contributed by atoms with van der Waals surface area (Å²) in [5.74, 6) is 0.358. The van der Waals surface area contributed by atoms with E-state index in [1.165, 1.54) is 23.5 Å². The van der Waals surface area contributed by atoms with E-state index in [0.717, 1.165) is 4.88 Å². The monoisotopic (exact) mass is 328 g/mol. The van der Waals surface area contributed by atoms with Gasteiger partial charge in [0.15, 0.2) is 11.6 Å². The third-order valence-corrected chi connectivity index (χ3v) is 3.82. The molecule has 0 aliphatic heterocycles. The molecule has 2 heterocycles. The number of rotatable bonds is 5. The van der Waals surface area contributed by atoms with Crippen LogP contribution < -0.4 is 10.6 Å². The fourth-order valence-electron chi connectivity index (χ4n) is 1.94. The second kappa shape index (κ2) is 6.97. The predicted octanol–water partition coefficient (Wildman–Crippen LogP) is 3.60. The molecule has 0 atom stereocenters. The molecule has 0 unspecified atom stereocenters. The largest absolute Gasteiger partial charge is 0.339 e. The number of benzene rings is 1. The first-order chi connectivity index (χ1) is 11.2. The van der Waals surface area contributed by atoms with Gasteiger partial charge in [-0.3, -0.25) is 4.79 Å². The first-order valence-corrected chi connectivity index (χ1v) is 7.75. The molecule has 23 heavy (non-hydrogen) atoms. The van der Waals surface area contributed by atoms with Crippen molar-refractivity contribution in [3.05, 3.63) is 64.6 Å². The van der Waals surface area contributed by atoms with Crippen molar-refractivity contribution < 1.29 is 9.18 Å². The van der Waals surface area contributed by atoms with Gasteiger partial charge in [-0.25, -0.2) is 4.39 Å². The number of thiophene rings is 1. The lowest BCUT2D eigenvalue weighted by molar-refractivity contribution is -0.115.